The Kier molecular flexibility index (Phi) is 3.79. The Bertz CT molecular complexity index is 575. The molecular formula is C13H12ClFN2O. The monoisotopic (exact) mass is 266 g/mol. The topological polar surface area (TPSA) is 48.1 Å². The minimum Gasteiger partial charge on any atom is -0.455 e. The summed E-state index contributed by atoms with van der Waals surface area (Å²) in [6.45, 7) is 2.15. The number of ether oxygens (including phenoxy) is 1. The van der Waals surface area contributed by atoms with Gasteiger partial charge in [-0.2, -0.15) is 0 Å². The van der Waals surface area contributed by atoms with Crippen molar-refractivity contribution in [3.05, 3.63) is 52.6 Å². The Labute approximate surface area is 109 Å². The van der Waals surface area contributed by atoms with E-state index >= 15 is 0 Å². The van der Waals surface area contributed by atoms with Crippen LogP contribution in [-0.4, -0.2) is 4.98 Å². The first kappa shape index (κ1) is 12.8. The molecule has 0 bridgehead atoms. The summed E-state index contributed by atoms with van der Waals surface area (Å²) in [5.41, 5.74) is 7.17. The third-order valence-electron chi connectivity index (χ3n) is 2.41. The molecule has 0 saturated heterocycles. The van der Waals surface area contributed by atoms with Crippen molar-refractivity contribution < 1.29 is 9.13 Å². The van der Waals surface area contributed by atoms with Crippen LogP contribution < -0.4 is 10.5 Å². The molecule has 1 heterocycles. The molecule has 0 amide bonds. The molecule has 0 atom stereocenters. The van der Waals surface area contributed by atoms with Gasteiger partial charge in [-0.15, -0.1) is 0 Å². The van der Waals surface area contributed by atoms with E-state index in [9.17, 15) is 4.39 Å². The van der Waals surface area contributed by atoms with Crippen molar-refractivity contribution in [2.75, 3.05) is 0 Å². The van der Waals surface area contributed by atoms with Gasteiger partial charge in [-0.3, -0.25) is 4.98 Å². The molecule has 18 heavy (non-hydrogen) atoms. The number of pyridine rings is 1. The second-order valence-corrected chi connectivity index (χ2v) is 4.22. The van der Waals surface area contributed by atoms with Crippen molar-refractivity contribution in [1.29, 1.82) is 0 Å². The quantitative estimate of drug-likeness (QED) is 0.926. The van der Waals surface area contributed by atoms with E-state index in [-0.39, 0.29) is 5.02 Å². The fourth-order valence-corrected chi connectivity index (χ4v) is 1.69. The highest BCUT2D eigenvalue weighted by Crippen LogP contribution is 2.31. The first-order valence-corrected chi connectivity index (χ1v) is 5.76. The fraction of sp³-hybridized carbons (Fsp3) is 0.154. The average molecular weight is 267 g/mol. The molecule has 0 saturated carbocycles. The van der Waals surface area contributed by atoms with Crippen LogP contribution in [0.1, 0.15) is 11.3 Å². The van der Waals surface area contributed by atoms with Crippen LogP contribution in [0.15, 0.2) is 30.5 Å². The van der Waals surface area contributed by atoms with Gasteiger partial charge in [0.15, 0.2) is 0 Å². The van der Waals surface area contributed by atoms with Crippen molar-refractivity contribution in [3.8, 4) is 11.5 Å². The lowest BCUT2D eigenvalue weighted by atomic mass is 10.2. The summed E-state index contributed by atoms with van der Waals surface area (Å²) >= 11 is 5.90. The fourth-order valence-electron chi connectivity index (χ4n) is 1.49. The maximum absolute atomic E-state index is 12.9. The largest absolute Gasteiger partial charge is 0.455 e. The summed E-state index contributed by atoms with van der Waals surface area (Å²) in [4.78, 5) is 4.14. The minimum atomic E-state index is -0.405. The van der Waals surface area contributed by atoms with E-state index in [4.69, 9.17) is 22.1 Å². The van der Waals surface area contributed by atoms with E-state index in [0.29, 0.717) is 18.0 Å². The molecule has 0 radical (unpaired) electrons. The number of aryl methyl sites for hydroxylation is 1. The van der Waals surface area contributed by atoms with Gasteiger partial charge in [-0.05, 0) is 25.1 Å². The minimum absolute atomic E-state index is 0.215. The van der Waals surface area contributed by atoms with E-state index in [1.807, 2.05) is 6.92 Å². The summed E-state index contributed by atoms with van der Waals surface area (Å²) in [5, 5.41) is 0.215. The smallest absolute Gasteiger partial charge is 0.146 e. The summed E-state index contributed by atoms with van der Waals surface area (Å²) < 4.78 is 18.6. The molecule has 1 aromatic heterocycles. The maximum atomic E-state index is 12.9. The molecule has 2 aromatic rings. The lowest BCUT2D eigenvalue weighted by Gasteiger charge is -2.11. The van der Waals surface area contributed by atoms with Crippen LogP contribution in [0.3, 0.4) is 0 Å². The molecular weight excluding hydrogens is 255 g/mol. The zero-order valence-corrected chi connectivity index (χ0v) is 10.5. The molecule has 5 heteroatoms. The van der Waals surface area contributed by atoms with E-state index in [2.05, 4.69) is 4.98 Å². The van der Waals surface area contributed by atoms with Gasteiger partial charge in [0.05, 0.1) is 5.02 Å². The molecule has 0 spiro atoms. The van der Waals surface area contributed by atoms with Gasteiger partial charge in [0.2, 0.25) is 0 Å². The number of aromatic nitrogens is 1. The highest BCUT2D eigenvalue weighted by Gasteiger charge is 2.08. The Hall–Kier alpha value is -1.65. The number of benzene rings is 1. The van der Waals surface area contributed by atoms with E-state index in [0.717, 1.165) is 11.3 Å². The zero-order valence-electron chi connectivity index (χ0n) is 9.78. The highest BCUT2D eigenvalue weighted by molar-refractivity contribution is 6.32. The van der Waals surface area contributed by atoms with Crippen LogP contribution in [0.4, 0.5) is 4.39 Å². The van der Waals surface area contributed by atoms with Crippen LogP contribution in [0.25, 0.3) is 0 Å². The van der Waals surface area contributed by atoms with Gasteiger partial charge in [-0.1, -0.05) is 11.6 Å². The molecule has 0 aliphatic heterocycles. The summed E-state index contributed by atoms with van der Waals surface area (Å²) in [6, 6.07) is 5.74. The maximum Gasteiger partial charge on any atom is 0.146 e. The zero-order chi connectivity index (χ0) is 13.1. The number of hydrogen-bond acceptors (Lipinski definition) is 3. The number of hydrogen-bond donors (Lipinski definition) is 1. The number of rotatable bonds is 3. The first-order valence-electron chi connectivity index (χ1n) is 5.38. The number of nitrogens with zero attached hydrogens (tertiary/aromatic N) is 1. The van der Waals surface area contributed by atoms with Crippen LogP contribution in [0.2, 0.25) is 5.02 Å². The van der Waals surface area contributed by atoms with Gasteiger partial charge in [0, 0.05) is 30.1 Å². The van der Waals surface area contributed by atoms with Crippen LogP contribution in [-0.2, 0) is 6.54 Å². The van der Waals surface area contributed by atoms with Crippen LogP contribution in [0, 0.1) is 12.7 Å². The molecule has 0 aliphatic rings. The van der Waals surface area contributed by atoms with Crippen molar-refractivity contribution in [2.24, 2.45) is 5.73 Å². The first-order chi connectivity index (χ1) is 8.60. The second kappa shape index (κ2) is 5.33. The second-order valence-electron chi connectivity index (χ2n) is 3.81. The summed E-state index contributed by atoms with van der Waals surface area (Å²) in [5.74, 6) is 0.564. The molecule has 2 rings (SSSR count). The predicted octanol–water partition coefficient (Wildman–Crippen LogP) is 3.43. The third-order valence-corrected chi connectivity index (χ3v) is 2.71. The molecule has 0 unspecified atom stereocenters. The number of halogens is 2. The van der Waals surface area contributed by atoms with Gasteiger partial charge in [0.25, 0.3) is 0 Å². The van der Waals surface area contributed by atoms with Crippen molar-refractivity contribution in [2.45, 2.75) is 13.5 Å². The Morgan fingerprint density at radius 2 is 2.11 bits per heavy atom. The summed E-state index contributed by atoms with van der Waals surface area (Å²) in [6.07, 6.45) is 1.65. The van der Waals surface area contributed by atoms with E-state index < -0.39 is 5.82 Å². The van der Waals surface area contributed by atoms with E-state index in [1.54, 1.807) is 12.3 Å². The van der Waals surface area contributed by atoms with Crippen molar-refractivity contribution in [3.63, 3.8) is 0 Å². The van der Waals surface area contributed by atoms with Gasteiger partial charge >= 0.3 is 0 Å². The molecule has 0 fully saturated rings. The lowest BCUT2D eigenvalue weighted by molar-refractivity contribution is 0.473. The Balaban J connectivity index is 2.36. The molecule has 3 nitrogen and oxygen atoms in total. The Morgan fingerprint density at radius 3 is 2.78 bits per heavy atom. The van der Waals surface area contributed by atoms with Crippen molar-refractivity contribution in [1.82, 2.24) is 4.98 Å². The lowest BCUT2D eigenvalue weighted by Crippen LogP contribution is -2.01. The molecule has 1 aromatic carbocycles. The number of nitrogens with two attached hydrogens (primary N) is 1. The Morgan fingerprint density at radius 1 is 1.33 bits per heavy atom. The third kappa shape index (κ3) is 2.78. The van der Waals surface area contributed by atoms with Gasteiger partial charge in [0.1, 0.15) is 17.3 Å². The highest BCUT2D eigenvalue weighted by atomic mass is 35.5. The van der Waals surface area contributed by atoms with Crippen LogP contribution in [0.5, 0.6) is 11.5 Å². The average Bonchev–Trinajstić information content (AvgIpc) is 2.33. The van der Waals surface area contributed by atoms with Gasteiger partial charge in [-0.25, -0.2) is 4.39 Å². The van der Waals surface area contributed by atoms with Gasteiger partial charge < -0.3 is 10.5 Å². The normalized spacial score (nSPS) is 10.4. The molecule has 94 valence electrons. The standard InChI is InChI=1S/C13H12ClFN2O/c1-8-4-13(9(6-16)7-17-8)18-12-3-2-10(15)5-11(12)14/h2-5,7H,6,16H2,1H3. The predicted molar refractivity (Wildman–Crippen MR) is 68.3 cm³/mol. The van der Waals surface area contributed by atoms with Crippen molar-refractivity contribution >= 4 is 11.6 Å². The molecule has 2 N–H and O–H groups in total. The SMILES string of the molecule is Cc1cc(Oc2ccc(F)cc2Cl)c(CN)cn1. The van der Waals surface area contributed by atoms with Crippen LogP contribution >= 0.6 is 11.6 Å². The summed E-state index contributed by atoms with van der Waals surface area (Å²) in [7, 11) is 0. The molecule has 0 aliphatic carbocycles. The van der Waals surface area contributed by atoms with E-state index in [1.165, 1.54) is 18.2 Å².